The molecule has 0 saturated carbocycles. The predicted molar refractivity (Wildman–Crippen MR) is 79.2 cm³/mol. The Morgan fingerprint density at radius 1 is 1.17 bits per heavy atom. The van der Waals surface area contributed by atoms with E-state index in [4.69, 9.17) is 23.2 Å². The van der Waals surface area contributed by atoms with E-state index in [2.05, 4.69) is 24.4 Å². The van der Waals surface area contributed by atoms with Crippen molar-refractivity contribution in [2.45, 2.75) is 19.9 Å². The number of hydrogen-bond donors (Lipinski definition) is 2. The van der Waals surface area contributed by atoms with Gasteiger partial charge >= 0.3 is 0 Å². The van der Waals surface area contributed by atoms with Crippen molar-refractivity contribution >= 4 is 40.2 Å². The molecule has 1 aromatic heterocycles. The Labute approximate surface area is 120 Å². The van der Waals surface area contributed by atoms with Crippen molar-refractivity contribution in [3.63, 3.8) is 0 Å². The molecule has 0 amide bonds. The van der Waals surface area contributed by atoms with Crippen LogP contribution in [0, 0.1) is 0 Å². The Morgan fingerprint density at radius 2 is 1.78 bits per heavy atom. The number of phenols is 1. The molecule has 0 aliphatic carbocycles. The summed E-state index contributed by atoms with van der Waals surface area (Å²) in [7, 11) is 0. The van der Waals surface area contributed by atoms with Gasteiger partial charge in [0.2, 0.25) is 0 Å². The summed E-state index contributed by atoms with van der Waals surface area (Å²) >= 11 is 13.5. The molecule has 2 N–H and O–H groups in total. The van der Waals surface area contributed by atoms with Gasteiger partial charge in [0.1, 0.15) is 0 Å². The number of nitrogens with one attached hydrogen (secondary N) is 1. The number of rotatable bonds is 4. The third-order valence-electron chi connectivity index (χ3n) is 2.55. The van der Waals surface area contributed by atoms with E-state index in [0.29, 0.717) is 0 Å². The lowest BCUT2D eigenvalue weighted by Gasteiger charge is -2.07. The Hall–Kier alpha value is -0.900. The minimum atomic E-state index is -0.0757. The van der Waals surface area contributed by atoms with Gasteiger partial charge in [0.05, 0.1) is 10.0 Å². The van der Waals surface area contributed by atoms with Crippen LogP contribution in [-0.2, 0) is 13.0 Å². The second-order valence-electron chi connectivity index (χ2n) is 3.86. The first kappa shape index (κ1) is 13.5. The van der Waals surface area contributed by atoms with Crippen molar-refractivity contribution < 1.29 is 5.11 Å². The van der Waals surface area contributed by atoms with Crippen LogP contribution in [0.4, 0.5) is 5.69 Å². The lowest BCUT2D eigenvalue weighted by atomic mass is 10.3. The maximum Gasteiger partial charge on any atom is 0.152 e. The van der Waals surface area contributed by atoms with E-state index in [1.807, 2.05) is 0 Å². The molecule has 0 atom stereocenters. The Bertz CT molecular complexity index is 531. The molecule has 0 unspecified atom stereocenters. The van der Waals surface area contributed by atoms with Crippen molar-refractivity contribution in [2.24, 2.45) is 0 Å². The summed E-state index contributed by atoms with van der Waals surface area (Å²) in [5, 5.41) is 13.2. The van der Waals surface area contributed by atoms with Crippen LogP contribution < -0.4 is 5.32 Å². The van der Waals surface area contributed by atoms with Gasteiger partial charge in [0.25, 0.3) is 0 Å². The lowest BCUT2D eigenvalue weighted by molar-refractivity contribution is 0.476. The van der Waals surface area contributed by atoms with Crippen LogP contribution in [0.3, 0.4) is 0 Å². The minimum Gasteiger partial charge on any atom is -0.505 e. The summed E-state index contributed by atoms with van der Waals surface area (Å²) in [6.45, 7) is 2.87. The van der Waals surface area contributed by atoms with Crippen molar-refractivity contribution in [3.8, 4) is 5.75 Å². The second kappa shape index (κ2) is 5.83. The molecule has 0 aliphatic heterocycles. The minimum absolute atomic E-state index is 0.0757. The monoisotopic (exact) mass is 301 g/mol. The van der Waals surface area contributed by atoms with Crippen molar-refractivity contribution in [1.29, 1.82) is 0 Å². The average Bonchev–Trinajstić information content (AvgIpc) is 2.81. The average molecular weight is 302 g/mol. The molecule has 96 valence electrons. The van der Waals surface area contributed by atoms with Crippen LogP contribution in [0.2, 0.25) is 10.0 Å². The number of aromatic hydroxyl groups is 1. The molecule has 18 heavy (non-hydrogen) atoms. The fourth-order valence-corrected chi connectivity index (χ4v) is 2.95. The van der Waals surface area contributed by atoms with E-state index in [-0.39, 0.29) is 15.8 Å². The summed E-state index contributed by atoms with van der Waals surface area (Å²) in [5.41, 5.74) is 0.800. The molecule has 0 aliphatic rings. The zero-order valence-corrected chi connectivity index (χ0v) is 12.2. The van der Waals surface area contributed by atoms with Gasteiger partial charge in [0, 0.05) is 22.0 Å². The van der Waals surface area contributed by atoms with E-state index < -0.39 is 0 Å². The molecular formula is C13H13Cl2NOS. The normalized spacial score (nSPS) is 10.6. The van der Waals surface area contributed by atoms with Gasteiger partial charge < -0.3 is 10.4 Å². The molecule has 1 heterocycles. The van der Waals surface area contributed by atoms with Gasteiger partial charge in [-0.1, -0.05) is 30.1 Å². The van der Waals surface area contributed by atoms with Gasteiger partial charge in [-0.15, -0.1) is 11.3 Å². The fraction of sp³-hybridized carbons (Fsp3) is 0.231. The highest BCUT2D eigenvalue weighted by Crippen LogP contribution is 2.34. The molecule has 2 aromatic rings. The molecule has 0 spiro atoms. The van der Waals surface area contributed by atoms with Gasteiger partial charge in [-0.25, -0.2) is 0 Å². The molecule has 0 saturated heterocycles. The number of hydrogen-bond acceptors (Lipinski definition) is 3. The molecule has 2 rings (SSSR count). The van der Waals surface area contributed by atoms with E-state index in [9.17, 15) is 5.11 Å². The molecule has 0 fully saturated rings. The second-order valence-corrected chi connectivity index (χ2v) is 5.93. The van der Waals surface area contributed by atoms with Crippen LogP contribution in [0.5, 0.6) is 5.75 Å². The molecule has 1 aromatic carbocycles. The fourth-order valence-electron chi connectivity index (χ4n) is 1.56. The molecule has 2 nitrogen and oxygen atoms in total. The van der Waals surface area contributed by atoms with Crippen LogP contribution in [0.1, 0.15) is 16.7 Å². The van der Waals surface area contributed by atoms with Crippen LogP contribution in [-0.4, -0.2) is 5.11 Å². The first-order chi connectivity index (χ1) is 8.60. The van der Waals surface area contributed by atoms with Crippen molar-refractivity contribution in [3.05, 3.63) is 44.1 Å². The Balaban J connectivity index is 2.06. The number of phenolic OH excluding ortho intramolecular Hbond substituents is 1. The number of benzene rings is 1. The topological polar surface area (TPSA) is 32.3 Å². The first-order valence-electron chi connectivity index (χ1n) is 5.59. The van der Waals surface area contributed by atoms with Crippen molar-refractivity contribution in [1.82, 2.24) is 0 Å². The zero-order chi connectivity index (χ0) is 13.1. The summed E-state index contributed by atoms with van der Waals surface area (Å²) < 4.78 is 0. The smallest absolute Gasteiger partial charge is 0.152 e. The van der Waals surface area contributed by atoms with Gasteiger partial charge in [0.15, 0.2) is 5.75 Å². The molecular weight excluding hydrogens is 289 g/mol. The summed E-state index contributed by atoms with van der Waals surface area (Å²) in [6, 6.07) is 7.58. The number of thiophene rings is 1. The highest BCUT2D eigenvalue weighted by Gasteiger charge is 2.06. The number of anilines is 1. The van der Waals surface area contributed by atoms with Crippen LogP contribution in [0.25, 0.3) is 0 Å². The van der Waals surface area contributed by atoms with E-state index >= 15 is 0 Å². The summed E-state index contributed by atoms with van der Waals surface area (Å²) in [4.78, 5) is 2.63. The molecule has 0 radical (unpaired) electrons. The van der Waals surface area contributed by atoms with Crippen LogP contribution in [0.15, 0.2) is 24.3 Å². The standard InChI is InChI=1S/C13H13Cl2NOS/c1-2-9-3-4-10(18-9)7-16-8-5-11(14)13(17)12(15)6-8/h3-6,16-17H,2,7H2,1H3. The van der Waals surface area contributed by atoms with Gasteiger partial charge in [-0.3, -0.25) is 0 Å². The third-order valence-corrected chi connectivity index (χ3v) is 4.36. The van der Waals surface area contributed by atoms with E-state index in [1.54, 1.807) is 23.5 Å². The van der Waals surface area contributed by atoms with Gasteiger partial charge in [-0.2, -0.15) is 0 Å². The lowest BCUT2D eigenvalue weighted by Crippen LogP contribution is -1.97. The maximum atomic E-state index is 9.46. The largest absolute Gasteiger partial charge is 0.505 e. The Morgan fingerprint density at radius 3 is 2.33 bits per heavy atom. The number of halogens is 2. The third kappa shape index (κ3) is 3.10. The SMILES string of the molecule is CCc1ccc(CNc2cc(Cl)c(O)c(Cl)c2)s1. The maximum absolute atomic E-state index is 9.46. The highest BCUT2D eigenvalue weighted by atomic mass is 35.5. The summed E-state index contributed by atoms with van der Waals surface area (Å²) in [6.07, 6.45) is 1.06. The summed E-state index contributed by atoms with van der Waals surface area (Å²) in [5.74, 6) is -0.0757. The molecule has 0 bridgehead atoms. The van der Waals surface area contributed by atoms with Crippen molar-refractivity contribution in [2.75, 3.05) is 5.32 Å². The molecule has 5 heteroatoms. The predicted octanol–water partition coefficient (Wildman–Crippen LogP) is 4.94. The first-order valence-corrected chi connectivity index (χ1v) is 7.17. The van der Waals surface area contributed by atoms with E-state index in [0.717, 1.165) is 18.7 Å². The Kier molecular flexibility index (Phi) is 4.38. The number of aryl methyl sites for hydroxylation is 1. The highest BCUT2D eigenvalue weighted by molar-refractivity contribution is 7.12. The van der Waals surface area contributed by atoms with E-state index in [1.165, 1.54) is 9.75 Å². The van der Waals surface area contributed by atoms with Crippen LogP contribution >= 0.6 is 34.5 Å². The zero-order valence-electron chi connectivity index (χ0n) is 9.84. The quantitative estimate of drug-likeness (QED) is 0.784. The van der Waals surface area contributed by atoms with Gasteiger partial charge in [-0.05, 0) is 30.7 Å².